The minimum atomic E-state index is 0.192. The average Bonchev–Trinajstić information content (AvgIpc) is 2.51. The van der Waals surface area contributed by atoms with Gasteiger partial charge >= 0.3 is 0 Å². The molecular formula is C19H44N2O2. The van der Waals surface area contributed by atoms with E-state index in [1.165, 1.54) is 19.3 Å². The summed E-state index contributed by atoms with van der Waals surface area (Å²) >= 11 is 0. The summed E-state index contributed by atoms with van der Waals surface area (Å²) in [6.07, 6.45) is 3.77. The molecule has 1 heterocycles. The van der Waals surface area contributed by atoms with Gasteiger partial charge in [-0.1, -0.05) is 27.7 Å². The second kappa shape index (κ2) is 13.2. The molecule has 1 saturated heterocycles. The maximum atomic E-state index is 5.75. The van der Waals surface area contributed by atoms with Crippen molar-refractivity contribution >= 4 is 0 Å². The molecule has 0 aromatic heterocycles. The number of hydrogen-bond acceptors (Lipinski definition) is 4. The molecule has 0 aromatic rings. The van der Waals surface area contributed by atoms with Crippen molar-refractivity contribution in [3.05, 3.63) is 0 Å². The Hall–Kier alpha value is -0.160. The predicted octanol–water partition coefficient (Wildman–Crippen LogP) is 5.29. The quantitative estimate of drug-likeness (QED) is 0.617. The second-order valence-corrected chi connectivity index (χ2v) is 6.72. The van der Waals surface area contributed by atoms with E-state index in [0.29, 0.717) is 0 Å². The summed E-state index contributed by atoms with van der Waals surface area (Å²) in [6, 6.07) is 0. The number of hydroxylamine groups is 4. The molecule has 1 aliphatic heterocycles. The third-order valence-electron chi connectivity index (χ3n) is 3.95. The first-order valence-corrected chi connectivity index (χ1v) is 9.56. The van der Waals surface area contributed by atoms with Gasteiger partial charge in [0.15, 0.2) is 0 Å². The molecule has 142 valence electrons. The molecule has 1 rings (SSSR count). The van der Waals surface area contributed by atoms with E-state index >= 15 is 0 Å². The zero-order valence-electron chi connectivity index (χ0n) is 17.7. The highest BCUT2D eigenvalue weighted by Gasteiger charge is 2.42. The molecule has 0 amide bonds. The Morgan fingerprint density at radius 1 is 0.826 bits per heavy atom. The molecule has 0 aliphatic carbocycles. The van der Waals surface area contributed by atoms with Crippen LogP contribution in [0.5, 0.6) is 0 Å². The molecule has 1 aliphatic rings. The number of hydrogen-bond donors (Lipinski definition) is 0. The molecule has 0 aromatic carbocycles. The Labute approximate surface area is 146 Å². The Balaban J connectivity index is 0. The molecule has 4 heteroatoms. The predicted molar refractivity (Wildman–Crippen MR) is 101 cm³/mol. The van der Waals surface area contributed by atoms with Gasteiger partial charge in [-0.25, -0.2) is 0 Å². The van der Waals surface area contributed by atoms with Crippen LogP contribution in [-0.4, -0.2) is 47.5 Å². The summed E-state index contributed by atoms with van der Waals surface area (Å²) in [6.45, 7) is 24.8. The number of nitrogens with zero attached hydrogens (tertiary/aromatic N) is 2. The average molecular weight is 333 g/mol. The molecule has 23 heavy (non-hydrogen) atoms. The first-order valence-electron chi connectivity index (χ1n) is 9.56. The van der Waals surface area contributed by atoms with Crippen LogP contribution in [0.3, 0.4) is 0 Å². The van der Waals surface area contributed by atoms with Crippen molar-refractivity contribution in [2.24, 2.45) is 0 Å². The molecule has 0 spiro atoms. The van der Waals surface area contributed by atoms with Crippen molar-refractivity contribution in [2.45, 2.75) is 99.6 Å². The normalized spacial score (nSPS) is 19.4. The summed E-state index contributed by atoms with van der Waals surface area (Å²) < 4.78 is 0. The first kappa shape index (κ1) is 25.1. The standard InChI is InChI=1S/C11H23NO.C6H15NO.C2H6/c1-6-13-12-10(2,3)8-7-9-11(12,4)5;1-4-7(5-2)8-6-3;1-2/h6-9H2,1-5H3;4-6H2,1-3H3;1-2H3. The zero-order valence-corrected chi connectivity index (χ0v) is 17.7. The van der Waals surface area contributed by atoms with Gasteiger partial charge in [0.25, 0.3) is 0 Å². The topological polar surface area (TPSA) is 24.9 Å². The van der Waals surface area contributed by atoms with Crippen LogP contribution in [0.15, 0.2) is 0 Å². The van der Waals surface area contributed by atoms with Crippen LogP contribution in [0.2, 0.25) is 0 Å². The van der Waals surface area contributed by atoms with Crippen LogP contribution in [0.25, 0.3) is 0 Å². The summed E-state index contributed by atoms with van der Waals surface area (Å²) in [5.74, 6) is 0. The van der Waals surface area contributed by atoms with Crippen molar-refractivity contribution in [3.8, 4) is 0 Å². The molecule has 0 unspecified atom stereocenters. The van der Waals surface area contributed by atoms with Gasteiger partial charge in [0.2, 0.25) is 0 Å². The minimum absolute atomic E-state index is 0.192. The van der Waals surface area contributed by atoms with Crippen molar-refractivity contribution in [3.63, 3.8) is 0 Å². The van der Waals surface area contributed by atoms with Gasteiger partial charge in [0.05, 0.1) is 13.2 Å². The van der Waals surface area contributed by atoms with Crippen molar-refractivity contribution in [1.82, 2.24) is 10.1 Å². The molecule has 0 saturated carbocycles. The van der Waals surface area contributed by atoms with Gasteiger partial charge < -0.3 is 0 Å². The molecule has 0 radical (unpaired) electrons. The fraction of sp³-hybridized carbons (Fsp3) is 1.00. The van der Waals surface area contributed by atoms with E-state index in [9.17, 15) is 0 Å². The van der Waals surface area contributed by atoms with Crippen molar-refractivity contribution < 1.29 is 9.68 Å². The second-order valence-electron chi connectivity index (χ2n) is 6.72. The first-order chi connectivity index (χ1) is 10.7. The van der Waals surface area contributed by atoms with E-state index in [2.05, 4.69) is 53.5 Å². The van der Waals surface area contributed by atoms with Crippen molar-refractivity contribution in [1.29, 1.82) is 0 Å². The third-order valence-corrected chi connectivity index (χ3v) is 3.95. The fourth-order valence-corrected chi connectivity index (χ4v) is 3.04. The van der Waals surface area contributed by atoms with Crippen LogP contribution >= 0.6 is 0 Å². The van der Waals surface area contributed by atoms with E-state index in [1.807, 2.05) is 25.8 Å². The molecule has 0 atom stereocenters. The maximum absolute atomic E-state index is 5.75. The lowest BCUT2D eigenvalue weighted by Gasteiger charge is -2.51. The van der Waals surface area contributed by atoms with Gasteiger partial charge in [-0.05, 0) is 60.8 Å². The molecule has 0 N–H and O–H groups in total. The summed E-state index contributed by atoms with van der Waals surface area (Å²) in [4.78, 5) is 10.9. The molecule has 1 fully saturated rings. The van der Waals surface area contributed by atoms with E-state index in [4.69, 9.17) is 9.68 Å². The summed E-state index contributed by atoms with van der Waals surface area (Å²) in [5, 5.41) is 4.13. The van der Waals surface area contributed by atoms with Gasteiger partial charge in [0.1, 0.15) is 0 Å². The lowest BCUT2D eigenvalue weighted by atomic mass is 9.82. The number of piperidine rings is 1. The Bertz CT molecular complexity index is 248. The smallest absolute Gasteiger partial charge is 0.0657 e. The Kier molecular flexibility index (Phi) is 14.4. The monoisotopic (exact) mass is 332 g/mol. The summed E-state index contributed by atoms with van der Waals surface area (Å²) in [7, 11) is 0. The highest BCUT2D eigenvalue weighted by atomic mass is 16.7. The van der Waals surface area contributed by atoms with E-state index in [0.717, 1.165) is 26.3 Å². The van der Waals surface area contributed by atoms with Gasteiger partial charge in [0, 0.05) is 24.2 Å². The molecule has 4 nitrogen and oxygen atoms in total. The van der Waals surface area contributed by atoms with Crippen LogP contribution in [0.4, 0.5) is 0 Å². The van der Waals surface area contributed by atoms with Gasteiger partial charge in [-0.3, -0.25) is 9.68 Å². The SMILES string of the molecule is CC.CCON(CC)CC.CCON1C(C)(C)CCCC1(C)C. The zero-order chi connectivity index (χ0) is 18.5. The van der Waals surface area contributed by atoms with Crippen LogP contribution in [0.1, 0.15) is 88.5 Å². The molecular weight excluding hydrogens is 288 g/mol. The summed E-state index contributed by atoms with van der Waals surface area (Å²) in [5.41, 5.74) is 0.384. The third kappa shape index (κ3) is 9.65. The Morgan fingerprint density at radius 3 is 1.52 bits per heavy atom. The highest BCUT2D eigenvalue weighted by molar-refractivity contribution is 4.92. The fourth-order valence-electron chi connectivity index (χ4n) is 3.04. The van der Waals surface area contributed by atoms with E-state index < -0.39 is 0 Å². The highest BCUT2D eigenvalue weighted by Crippen LogP contribution is 2.38. The number of rotatable bonds is 6. The van der Waals surface area contributed by atoms with E-state index in [1.54, 1.807) is 0 Å². The largest absolute Gasteiger partial charge is 0.299 e. The van der Waals surface area contributed by atoms with Crippen LogP contribution in [-0.2, 0) is 9.68 Å². The maximum Gasteiger partial charge on any atom is 0.0657 e. The van der Waals surface area contributed by atoms with Crippen LogP contribution < -0.4 is 0 Å². The lowest BCUT2D eigenvalue weighted by Crippen LogP contribution is -2.58. The van der Waals surface area contributed by atoms with Gasteiger partial charge in [-0.15, -0.1) is 0 Å². The minimum Gasteiger partial charge on any atom is -0.299 e. The Morgan fingerprint density at radius 2 is 1.26 bits per heavy atom. The van der Waals surface area contributed by atoms with Gasteiger partial charge in [-0.2, -0.15) is 10.1 Å². The lowest BCUT2D eigenvalue weighted by molar-refractivity contribution is -0.278. The molecule has 0 bridgehead atoms. The van der Waals surface area contributed by atoms with E-state index in [-0.39, 0.29) is 11.1 Å². The van der Waals surface area contributed by atoms with Crippen LogP contribution in [0, 0.1) is 0 Å². The van der Waals surface area contributed by atoms with Crippen molar-refractivity contribution in [2.75, 3.05) is 26.3 Å².